The zero-order chi connectivity index (χ0) is 30.0. The predicted octanol–water partition coefficient (Wildman–Crippen LogP) is 11.2. The van der Waals surface area contributed by atoms with Crippen LogP contribution in [0.2, 0.25) is 0 Å². The molecule has 0 N–H and O–H groups in total. The molecule has 0 saturated heterocycles. The number of hydrogen-bond acceptors (Lipinski definition) is 0. The van der Waals surface area contributed by atoms with Gasteiger partial charge in [0.05, 0.1) is 32.6 Å². The van der Waals surface area contributed by atoms with E-state index in [0.717, 1.165) is 12.4 Å². The lowest BCUT2D eigenvalue weighted by molar-refractivity contribution is -0.907. The molecule has 0 spiro atoms. The molecule has 0 saturated carbocycles. The first-order valence-corrected chi connectivity index (χ1v) is 20.1. The van der Waals surface area contributed by atoms with Crippen LogP contribution in [0.4, 0.5) is 0 Å². The fourth-order valence-electron chi connectivity index (χ4n) is 6.62. The molecule has 0 rings (SSSR count). The summed E-state index contributed by atoms with van der Waals surface area (Å²) in [5.41, 5.74) is 0. The third-order valence-electron chi connectivity index (χ3n) is 9.73. The molecule has 0 radical (unpaired) electrons. The van der Waals surface area contributed by atoms with Crippen LogP contribution in [0, 0.1) is 0 Å². The zero-order valence-electron chi connectivity index (χ0n) is 29.7. The van der Waals surface area contributed by atoms with Gasteiger partial charge in [0.2, 0.25) is 0 Å². The van der Waals surface area contributed by atoms with Gasteiger partial charge in [0.25, 0.3) is 0 Å². The van der Waals surface area contributed by atoms with Gasteiger partial charge in [0.15, 0.2) is 0 Å². The van der Waals surface area contributed by atoms with E-state index in [-0.39, 0.29) is 12.4 Å². The van der Waals surface area contributed by atoms with E-state index in [1.807, 2.05) is 0 Å². The van der Waals surface area contributed by atoms with Crippen molar-refractivity contribution in [1.82, 2.24) is 0 Å². The Morgan fingerprint density at radius 2 is 0.500 bits per heavy atom. The minimum atomic E-state index is 0. The van der Waals surface area contributed by atoms with Gasteiger partial charge in [0, 0.05) is 0 Å². The third kappa shape index (κ3) is 35.0. The van der Waals surface area contributed by atoms with Crippen molar-refractivity contribution in [2.45, 2.75) is 219 Å². The summed E-state index contributed by atoms with van der Waals surface area (Å²) in [6.07, 6.45) is 46.5. The highest BCUT2D eigenvalue weighted by Crippen LogP contribution is 2.17. The molecule has 0 aromatic rings. The summed E-state index contributed by atoms with van der Waals surface area (Å²) < 4.78 is 1.21. The summed E-state index contributed by atoms with van der Waals surface area (Å²) in [7, 11) is 2.47. The van der Waals surface area contributed by atoms with Gasteiger partial charge in [0.1, 0.15) is 0 Å². The normalized spacial score (nSPS) is 11.7. The summed E-state index contributed by atoms with van der Waals surface area (Å²) in [5, 5.41) is 0. The van der Waals surface area contributed by atoms with Gasteiger partial charge in [-0.1, -0.05) is 194 Å². The Balaban J connectivity index is 0. The molecule has 0 aliphatic carbocycles. The predicted molar refractivity (Wildman–Crippen MR) is 191 cm³/mol. The van der Waals surface area contributed by atoms with Crippen LogP contribution in [-0.4, -0.2) is 37.0 Å². The van der Waals surface area contributed by atoms with E-state index in [1.165, 1.54) is 223 Å². The molecule has 0 atom stereocenters. The third-order valence-corrected chi connectivity index (χ3v) is 9.90. The number of alkyl halides is 1. The average molecular weight is 635 g/mol. The largest absolute Gasteiger partial charge is 1.00 e. The quantitative estimate of drug-likeness (QED) is 0.0365. The maximum Gasteiger partial charge on any atom is 0.0922 e. The minimum absolute atomic E-state index is 0. The van der Waals surface area contributed by atoms with Crippen LogP contribution in [0.5, 0.6) is 0 Å². The van der Waals surface area contributed by atoms with Crippen LogP contribution in [0.1, 0.15) is 219 Å². The van der Waals surface area contributed by atoms with Crippen molar-refractivity contribution in [1.29, 1.82) is 0 Å². The Hall–Kier alpha value is 0.540. The molecular formula is C39H81Cl2N. The maximum atomic E-state index is 6.22. The number of nitrogens with zero attached hydrogens (tertiary/aromatic N) is 1. The molecule has 1 nitrogen and oxygen atoms in total. The van der Waals surface area contributed by atoms with Crippen molar-refractivity contribution < 1.29 is 16.9 Å². The van der Waals surface area contributed by atoms with Crippen LogP contribution < -0.4 is 12.4 Å². The van der Waals surface area contributed by atoms with E-state index < -0.39 is 0 Å². The molecule has 0 bridgehead atoms. The van der Waals surface area contributed by atoms with Crippen LogP contribution in [0.3, 0.4) is 0 Å². The smallest absolute Gasteiger partial charge is 0.0922 e. The number of hydrogen-bond donors (Lipinski definition) is 0. The van der Waals surface area contributed by atoms with Gasteiger partial charge in [-0.15, -0.1) is 11.6 Å². The molecular weight excluding hydrogens is 553 g/mol. The summed E-state index contributed by atoms with van der Waals surface area (Å²) in [4.78, 5) is 0. The van der Waals surface area contributed by atoms with E-state index in [4.69, 9.17) is 11.6 Å². The van der Waals surface area contributed by atoms with Crippen LogP contribution in [0.15, 0.2) is 0 Å². The molecule has 0 heterocycles. The SMILES string of the molecule is CCCCCCCCCCCCCCCCCC[N+](C)(CCCl)CCCCCCCCCCCCCCCCCC.[Cl-]. The van der Waals surface area contributed by atoms with E-state index in [9.17, 15) is 0 Å². The molecule has 0 amide bonds. The highest BCUT2D eigenvalue weighted by molar-refractivity contribution is 6.17. The second kappa shape index (κ2) is 37.7. The van der Waals surface area contributed by atoms with E-state index >= 15 is 0 Å². The first-order chi connectivity index (χ1) is 20.2. The summed E-state index contributed by atoms with van der Waals surface area (Å²) in [5.74, 6) is 0.814. The molecule has 0 fully saturated rings. The van der Waals surface area contributed by atoms with Crippen molar-refractivity contribution in [2.24, 2.45) is 0 Å². The molecule has 3 heteroatoms. The number of unbranched alkanes of at least 4 members (excludes halogenated alkanes) is 30. The highest BCUT2D eigenvalue weighted by atomic mass is 35.5. The number of quaternary nitrogens is 1. The van der Waals surface area contributed by atoms with Gasteiger partial charge in [-0.05, 0) is 25.7 Å². The van der Waals surface area contributed by atoms with Gasteiger partial charge in [-0.2, -0.15) is 0 Å². The summed E-state index contributed by atoms with van der Waals surface area (Å²) >= 11 is 6.22. The van der Waals surface area contributed by atoms with Gasteiger partial charge in [-0.3, -0.25) is 0 Å². The van der Waals surface area contributed by atoms with Crippen molar-refractivity contribution in [3.8, 4) is 0 Å². The first-order valence-electron chi connectivity index (χ1n) is 19.6. The fraction of sp³-hybridized carbons (Fsp3) is 1.00. The van der Waals surface area contributed by atoms with Gasteiger partial charge in [-0.25, -0.2) is 0 Å². The van der Waals surface area contributed by atoms with Crippen LogP contribution in [0.25, 0.3) is 0 Å². The zero-order valence-corrected chi connectivity index (χ0v) is 31.2. The maximum absolute atomic E-state index is 6.22. The fourth-order valence-corrected chi connectivity index (χ4v) is 7.03. The van der Waals surface area contributed by atoms with Gasteiger partial charge < -0.3 is 16.9 Å². The summed E-state index contributed by atoms with van der Waals surface area (Å²) in [6.45, 7) is 8.44. The highest BCUT2D eigenvalue weighted by Gasteiger charge is 2.19. The van der Waals surface area contributed by atoms with Crippen molar-refractivity contribution in [3.63, 3.8) is 0 Å². The molecule has 0 aromatic carbocycles. The second-order valence-electron chi connectivity index (χ2n) is 14.1. The molecule has 0 aliphatic heterocycles. The molecule has 42 heavy (non-hydrogen) atoms. The van der Waals surface area contributed by atoms with E-state index in [1.54, 1.807) is 0 Å². The van der Waals surface area contributed by atoms with E-state index in [2.05, 4.69) is 20.9 Å². The average Bonchev–Trinajstić information content (AvgIpc) is 2.97. The Kier molecular flexibility index (Phi) is 40.1. The molecule has 0 aromatic heterocycles. The lowest BCUT2D eigenvalue weighted by atomic mass is 10.0. The molecule has 0 aliphatic rings. The Morgan fingerprint density at radius 1 is 0.310 bits per heavy atom. The lowest BCUT2D eigenvalue weighted by Gasteiger charge is -2.34. The van der Waals surface area contributed by atoms with Gasteiger partial charge >= 0.3 is 0 Å². The Bertz CT molecular complexity index is 433. The molecule has 0 unspecified atom stereocenters. The van der Waals surface area contributed by atoms with Crippen molar-refractivity contribution >= 4 is 11.6 Å². The lowest BCUT2D eigenvalue weighted by Crippen LogP contribution is -3.00. The molecule has 256 valence electrons. The van der Waals surface area contributed by atoms with Crippen LogP contribution in [-0.2, 0) is 0 Å². The van der Waals surface area contributed by atoms with Crippen LogP contribution >= 0.6 is 11.6 Å². The standard InChI is InChI=1S/C39H81ClN.ClH/c1-4-6-8-10-12-14-16-18-20-22-24-26-28-30-32-34-37-41(3,39-36-40)38-35-33-31-29-27-25-23-21-19-17-15-13-11-9-7-5-2;/h4-39H2,1-3H3;1H/q+1;/p-1. The monoisotopic (exact) mass is 634 g/mol. The van der Waals surface area contributed by atoms with Crippen molar-refractivity contribution in [2.75, 3.05) is 32.6 Å². The topological polar surface area (TPSA) is 0 Å². The Morgan fingerprint density at radius 3 is 0.690 bits per heavy atom. The Labute approximate surface area is 279 Å². The second-order valence-corrected chi connectivity index (χ2v) is 14.5. The van der Waals surface area contributed by atoms with E-state index in [0.29, 0.717) is 0 Å². The minimum Gasteiger partial charge on any atom is -1.00 e. The van der Waals surface area contributed by atoms with Crippen molar-refractivity contribution in [3.05, 3.63) is 0 Å². The number of rotatable bonds is 36. The first kappa shape index (κ1) is 44.7. The summed E-state index contributed by atoms with van der Waals surface area (Å²) in [6, 6.07) is 0. The number of halogens is 2.